The van der Waals surface area contributed by atoms with Gasteiger partial charge in [-0.05, 0) is 48.7 Å². The number of carbonyl (C=O) groups excluding carboxylic acids is 1. The Morgan fingerprint density at radius 1 is 1.25 bits per heavy atom. The molecule has 2 aromatic heterocycles. The molecule has 0 aliphatic carbocycles. The summed E-state index contributed by atoms with van der Waals surface area (Å²) in [6.07, 6.45) is 6.54. The fraction of sp³-hybridized carbons (Fsp3) is 0.174. The van der Waals surface area contributed by atoms with E-state index >= 15 is 0 Å². The van der Waals surface area contributed by atoms with Gasteiger partial charge in [-0.25, -0.2) is 4.98 Å². The smallest absolute Gasteiger partial charge is 0.270 e. The third kappa shape index (κ3) is 4.73. The Balaban J connectivity index is 1.64. The molecule has 0 aliphatic heterocycles. The Morgan fingerprint density at radius 3 is 2.84 bits per heavy atom. The Labute approximate surface area is 188 Å². The quantitative estimate of drug-likeness (QED) is 0.231. The van der Waals surface area contributed by atoms with Crippen molar-refractivity contribution in [2.75, 3.05) is 11.4 Å². The van der Waals surface area contributed by atoms with E-state index in [0.29, 0.717) is 23.8 Å². The average molecular weight is 448 g/mol. The molecule has 0 spiro atoms. The van der Waals surface area contributed by atoms with E-state index < -0.39 is 4.92 Å². The van der Waals surface area contributed by atoms with E-state index in [9.17, 15) is 14.9 Å². The number of hydrogen-bond acceptors (Lipinski definition) is 6. The summed E-state index contributed by atoms with van der Waals surface area (Å²) >= 11 is 1.47. The summed E-state index contributed by atoms with van der Waals surface area (Å²) < 4.78 is 2.78. The number of benzene rings is 2. The molecule has 1 amide bonds. The normalized spacial score (nSPS) is 11.3. The minimum absolute atomic E-state index is 0.0212. The van der Waals surface area contributed by atoms with E-state index in [0.717, 1.165) is 21.3 Å². The molecule has 0 atom stereocenters. The summed E-state index contributed by atoms with van der Waals surface area (Å²) in [5.74, 6) is -0.253. The second-order valence-electron chi connectivity index (χ2n) is 7.37. The third-order valence-electron chi connectivity index (χ3n) is 4.93. The minimum atomic E-state index is -0.457. The molecule has 0 saturated carbocycles. The van der Waals surface area contributed by atoms with Crippen molar-refractivity contribution in [2.45, 2.75) is 20.4 Å². The molecule has 162 valence electrons. The van der Waals surface area contributed by atoms with Gasteiger partial charge in [0.1, 0.15) is 0 Å². The number of carbonyl (C=O) groups is 1. The second kappa shape index (κ2) is 9.11. The minimum Gasteiger partial charge on any atom is -0.283 e. The number of fused-ring (bicyclic) bond motifs is 1. The summed E-state index contributed by atoms with van der Waals surface area (Å²) in [5, 5.41) is 15.8. The van der Waals surface area contributed by atoms with E-state index in [1.54, 1.807) is 34.0 Å². The SMILES string of the molecule is Cc1cc(C)c2nc(N(CCn3cccn3)C(=O)/C=C/c3cccc([N+](=O)[O-])c3)sc2c1. The van der Waals surface area contributed by atoms with Gasteiger partial charge in [-0.1, -0.05) is 29.5 Å². The fourth-order valence-corrected chi connectivity index (χ4v) is 4.58. The maximum atomic E-state index is 13.2. The van der Waals surface area contributed by atoms with E-state index in [4.69, 9.17) is 4.98 Å². The van der Waals surface area contributed by atoms with Crippen LogP contribution in [0.1, 0.15) is 16.7 Å². The summed E-state index contributed by atoms with van der Waals surface area (Å²) in [6.45, 7) is 4.94. The topological polar surface area (TPSA) is 94.2 Å². The van der Waals surface area contributed by atoms with Crippen molar-refractivity contribution >= 4 is 44.4 Å². The predicted molar refractivity (Wildman–Crippen MR) is 126 cm³/mol. The molecule has 0 saturated heterocycles. The number of aryl methyl sites for hydroxylation is 2. The number of aromatic nitrogens is 3. The number of nitro groups is 1. The molecule has 9 heteroatoms. The van der Waals surface area contributed by atoms with Crippen LogP contribution >= 0.6 is 11.3 Å². The molecule has 0 aliphatic rings. The number of non-ortho nitro benzene ring substituents is 1. The highest BCUT2D eigenvalue weighted by molar-refractivity contribution is 7.22. The zero-order chi connectivity index (χ0) is 22.7. The highest BCUT2D eigenvalue weighted by Crippen LogP contribution is 2.32. The van der Waals surface area contributed by atoms with Crippen molar-refractivity contribution < 1.29 is 9.72 Å². The molecule has 4 aromatic rings. The van der Waals surface area contributed by atoms with Crippen LogP contribution in [-0.2, 0) is 11.3 Å². The molecule has 32 heavy (non-hydrogen) atoms. The van der Waals surface area contributed by atoms with Crippen LogP contribution in [0.5, 0.6) is 0 Å². The van der Waals surface area contributed by atoms with Gasteiger partial charge in [0.25, 0.3) is 11.6 Å². The molecule has 0 N–H and O–H groups in total. The van der Waals surface area contributed by atoms with Gasteiger partial charge in [-0.3, -0.25) is 24.5 Å². The first-order chi connectivity index (χ1) is 15.4. The first kappa shape index (κ1) is 21.4. The molecular formula is C23H21N5O3S. The van der Waals surface area contributed by atoms with Gasteiger partial charge in [0, 0.05) is 37.1 Å². The summed E-state index contributed by atoms with van der Waals surface area (Å²) in [7, 11) is 0. The summed E-state index contributed by atoms with van der Waals surface area (Å²) in [6, 6.07) is 12.1. The molecule has 2 aromatic carbocycles. The average Bonchev–Trinajstić information content (AvgIpc) is 3.43. The van der Waals surface area contributed by atoms with Crippen LogP contribution in [0.4, 0.5) is 10.8 Å². The maximum absolute atomic E-state index is 13.2. The van der Waals surface area contributed by atoms with E-state index in [-0.39, 0.29) is 11.6 Å². The van der Waals surface area contributed by atoms with Crippen LogP contribution < -0.4 is 4.90 Å². The van der Waals surface area contributed by atoms with E-state index in [1.807, 2.05) is 26.1 Å². The van der Waals surface area contributed by atoms with E-state index in [2.05, 4.69) is 17.2 Å². The largest absolute Gasteiger partial charge is 0.283 e. The first-order valence-corrected chi connectivity index (χ1v) is 10.8. The number of rotatable bonds is 7. The predicted octanol–water partition coefficient (Wildman–Crippen LogP) is 4.76. The molecule has 0 fully saturated rings. The molecular weight excluding hydrogens is 426 g/mol. The van der Waals surface area contributed by atoms with Gasteiger partial charge in [-0.15, -0.1) is 0 Å². The van der Waals surface area contributed by atoms with Gasteiger partial charge < -0.3 is 0 Å². The molecule has 0 bridgehead atoms. The number of thiazole rings is 1. The Kier molecular flexibility index (Phi) is 6.09. The van der Waals surface area contributed by atoms with Crippen molar-refractivity contribution in [2.24, 2.45) is 0 Å². The lowest BCUT2D eigenvalue weighted by Gasteiger charge is -2.18. The van der Waals surface area contributed by atoms with Crippen LogP contribution in [0.3, 0.4) is 0 Å². The van der Waals surface area contributed by atoms with Crippen molar-refractivity contribution in [3.63, 3.8) is 0 Å². The van der Waals surface area contributed by atoms with Crippen LogP contribution in [0.25, 0.3) is 16.3 Å². The molecule has 4 rings (SSSR count). The molecule has 8 nitrogen and oxygen atoms in total. The maximum Gasteiger partial charge on any atom is 0.270 e. The van der Waals surface area contributed by atoms with Crippen LogP contribution in [0, 0.1) is 24.0 Å². The van der Waals surface area contributed by atoms with Gasteiger partial charge in [-0.2, -0.15) is 5.10 Å². The summed E-state index contributed by atoms with van der Waals surface area (Å²) in [5.41, 5.74) is 3.65. The highest BCUT2D eigenvalue weighted by Gasteiger charge is 2.19. The number of nitro benzene ring substituents is 1. The molecule has 2 heterocycles. The zero-order valence-electron chi connectivity index (χ0n) is 17.6. The Morgan fingerprint density at radius 2 is 2.09 bits per heavy atom. The number of nitrogens with zero attached hydrogens (tertiary/aromatic N) is 5. The van der Waals surface area contributed by atoms with Crippen molar-refractivity contribution in [3.8, 4) is 0 Å². The van der Waals surface area contributed by atoms with E-state index in [1.165, 1.54) is 29.5 Å². The number of anilines is 1. The Bertz CT molecular complexity index is 1310. The van der Waals surface area contributed by atoms with Crippen LogP contribution in [0.2, 0.25) is 0 Å². The van der Waals surface area contributed by atoms with Gasteiger partial charge in [0.05, 0.1) is 21.7 Å². The lowest BCUT2D eigenvalue weighted by Crippen LogP contribution is -2.32. The fourth-order valence-electron chi connectivity index (χ4n) is 3.41. The van der Waals surface area contributed by atoms with Gasteiger partial charge >= 0.3 is 0 Å². The standard InChI is InChI=1S/C23H21N5O3S/c1-16-13-17(2)22-20(14-16)32-23(25-22)27(12-11-26-10-4-9-24-26)21(29)8-7-18-5-3-6-19(15-18)28(30)31/h3-10,13-15H,11-12H2,1-2H3/b8-7+. The van der Waals surface area contributed by atoms with Crippen molar-refractivity contribution in [1.82, 2.24) is 14.8 Å². The van der Waals surface area contributed by atoms with Crippen molar-refractivity contribution in [1.29, 1.82) is 0 Å². The lowest BCUT2D eigenvalue weighted by molar-refractivity contribution is -0.384. The van der Waals surface area contributed by atoms with Crippen LogP contribution in [0.15, 0.2) is 60.9 Å². The summed E-state index contributed by atoms with van der Waals surface area (Å²) in [4.78, 5) is 30.1. The molecule has 0 radical (unpaired) electrons. The number of hydrogen-bond donors (Lipinski definition) is 0. The third-order valence-corrected chi connectivity index (χ3v) is 5.95. The Hall–Kier alpha value is -3.85. The lowest BCUT2D eigenvalue weighted by atomic mass is 10.1. The van der Waals surface area contributed by atoms with Gasteiger partial charge in [0.2, 0.25) is 0 Å². The zero-order valence-corrected chi connectivity index (χ0v) is 18.5. The number of amides is 1. The monoisotopic (exact) mass is 447 g/mol. The highest BCUT2D eigenvalue weighted by atomic mass is 32.1. The second-order valence-corrected chi connectivity index (χ2v) is 8.38. The van der Waals surface area contributed by atoms with Gasteiger partial charge in [0.15, 0.2) is 5.13 Å². The van der Waals surface area contributed by atoms with Crippen molar-refractivity contribution in [3.05, 3.63) is 87.7 Å². The molecule has 0 unspecified atom stereocenters. The van der Waals surface area contributed by atoms with Crippen LogP contribution in [-0.4, -0.2) is 32.1 Å². The first-order valence-electron chi connectivity index (χ1n) is 10.00.